The number of nitrogens with zero attached hydrogens (tertiary/aromatic N) is 2. The number of benzene rings is 2. The largest absolute Gasteiger partial charge is 0.371 e. The Kier molecular flexibility index (Phi) is 7.26. The minimum absolute atomic E-state index is 0.199. The van der Waals surface area contributed by atoms with Gasteiger partial charge in [-0.05, 0) is 68.1 Å². The summed E-state index contributed by atoms with van der Waals surface area (Å²) in [6.07, 6.45) is 3.08. The summed E-state index contributed by atoms with van der Waals surface area (Å²) in [4.78, 5) is 31.2. The van der Waals surface area contributed by atoms with Crippen LogP contribution < -0.4 is 15.5 Å². The molecule has 0 radical (unpaired) electrons. The highest BCUT2D eigenvalue weighted by Crippen LogP contribution is 2.25. The maximum Gasteiger partial charge on any atom is 0.252 e. The van der Waals surface area contributed by atoms with E-state index < -0.39 is 6.04 Å². The van der Waals surface area contributed by atoms with Gasteiger partial charge in [-0.2, -0.15) is 0 Å². The summed E-state index contributed by atoms with van der Waals surface area (Å²) in [6, 6.07) is 17.6. The molecule has 1 aliphatic heterocycles. The number of aldehydes is 1. The predicted molar refractivity (Wildman–Crippen MR) is 137 cm³/mol. The molecule has 2 N–H and O–H groups in total. The van der Waals surface area contributed by atoms with Crippen LogP contribution in [0.15, 0.2) is 60.8 Å². The number of pyridine rings is 1. The molecule has 0 spiro atoms. The Bertz CT molecular complexity index is 1120. The van der Waals surface area contributed by atoms with Crippen molar-refractivity contribution in [3.05, 3.63) is 88.6 Å². The zero-order chi connectivity index (χ0) is 24.1. The third-order valence-corrected chi connectivity index (χ3v) is 6.34. The van der Waals surface area contributed by atoms with Gasteiger partial charge in [-0.25, -0.2) is 4.98 Å². The van der Waals surface area contributed by atoms with Gasteiger partial charge in [0.05, 0.1) is 6.04 Å². The van der Waals surface area contributed by atoms with Gasteiger partial charge < -0.3 is 20.3 Å². The standard InChI is InChI=1S/C28H32N4O2/c1-19-12-20(2)27(21(3)13-19)28(34)31-24(18-33)14-22-7-9-25(10-8-22)32-16-23(17-32)15-30-26-6-4-5-11-29-26/h4-13,18,23-24H,14-17H2,1-3H3,(H,29,30)(H,31,34). The van der Waals surface area contributed by atoms with Crippen molar-refractivity contribution in [3.8, 4) is 0 Å². The summed E-state index contributed by atoms with van der Waals surface area (Å²) in [6.45, 7) is 8.78. The highest BCUT2D eigenvalue weighted by atomic mass is 16.2. The minimum atomic E-state index is -0.565. The molecule has 1 saturated heterocycles. The maximum atomic E-state index is 12.8. The van der Waals surface area contributed by atoms with E-state index in [0.29, 0.717) is 17.9 Å². The molecule has 6 nitrogen and oxygen atoms in total. The fourth-order valence-corrected chi connectivity index (χ4v) is 4.63. The van der Waals surface area contributed by atoms with Gasteiger partial charge in [0.15, 0.2) is 0 Å². The number of hydrogen-bond donors (Lipinski definition) is 2. The number of aromatic nitrogens is 1. The lowest BCUT2D eigenvalue weighted by Crippen LogP contribution is -2.49. The summed E-state index contributed by atoms with van der Waals surface area (Å²) < 4.78 is 0. The topological polar surface area (TPSA) is 74.3 Å². The quantitative estimate of drug-likeness (QED) is 0.475. The number of aryl methyl sites for hydroxylation is 3. The molecule has 2 heterocycles. The summed E-state index contributed by atoms with van der Waals surface area (Å²) >= 11 is 0. The Morgan fingerprint density at radius 3 is 2.41 bits per heavy atom. The van der Waals surface area contributed by atoms with Crippen LogP contribution in [0.5, 0.6) is 0 Å². The molecule has 1 aliphatic rings. The van der Waals surface area contributed by atoms with Crippen LogP contribution in [0, 0.1) is 26.7 Å². The highest BCUT2D eigenvalue weighted by molar-refractivity contribution is 5.98. The van der Waals surface area contributed by atoms with Crippen LogP contribution in [0.1, 0.15) is 32.6 Å². The van der Waals surface area contributed by atoms with Gasteiger partial charge in [-0.3, -0.25) is 4.79 Å². The lowest BCUT2D eigenvalue weighted by molar-refractivity contribution is -0.109. The Balaban J connectivity index is 1.28. The smallest absolute Gasteiger partial charge is 0.252 e. The van der Waals surface area contributed by atoms with Crippen molar-refractivity contribution in [2.24, 2.45) is 5.92 Å². The van der Waals surface area contributed by atoms with Crippen LogP contribution >= 0.6 is 0 Å². The van der Waals surface area contributed by atoms with E-state index in [9.17, 15) is 9.59 Å². The van der Waals surface area contributed by atoms with Crippen LogP contribution in [-0.2, 0) is 11.2 Å². The number of amides is 1. The van der Waals surface area contributed by atoms with Gasteiger partial charge in [0.1, 0.15) is 12.1 Å². The molecule has 6 heteroatoms. The fourth-order valence-electron chi connectivity index (χ4n) is 4.63. The third kappa shape index (κ3) is 5.63. The molecule has 34 heavy (non-hydrogen) atoms. The van der Waals surface area contributed by atoms with E-state index in [1.807, 2.05) is 63.2 Å². The minimum Gasteiger partial charge on any atom is -0.371 e. The van der Waals surface area contributed by atoms with Crippen LogP contribution in [0.4, 0.5) is 11.5 Å². The lowest BCUT2D eigenvalue weighted by atomic mass is 9.97. The molecule has 0 bridgehead atoms. The van der Waals surface area contributed by atoms with Gasteiger partial charge in [-0.1, -0.05) is 35.9 Å². The molecule has 0 saturated carbocycles. The molecule has 1 aromatic heterocycles. The van der Waals surface area contributed by atoms with Gasteiger partial charge in [0.2, 0.25) is 0 Å². The first-order chi connectivity index (χ1) is 16.4. The molecule has 2 aromatic carbocycles. The molecular formula is C28H32N4O2. The average molecular weight is 457 g/mol. The monoisotopic (exact) mass is 456 g/mol. The molecule has 1 unspecified atom stereocenters. The number of hydrogen-bond acceptors (Lipinski definition) is 5. The van der Waals surface area contributed by atoms with Crippen molar-refractivity contribution in [1.82, 2.24) is 10.3 Å². The van der Waals surface area contributed by atoms with Crippen molar-refractivity contribution < 1.29 is 9.59 Å². The lowest BCUT2D eigenvalue weighted by Gasteiger charge is -2.41. The molecule has 1 fully saturated rings. The Morgan fingerprint density at radius 1 is 1.09 bits per heavy atom. The first-order valence-electron chi connectivity index (χ1n) is 11.8. The van der Waals surface area contributed by atoms with Gasteiger partial charge in [-0.15, -0.1) is 0 Å². The van der Waals surface area contributed by atoms with E-state index in [1.165, 1.54) is 5.69 Å². The molecular weight excluding hydrogens is 424 g/mol. The number of nitrogens with one attached hydrogen (secondary N) is 2. The Morgan fingerprint density at radius 2 is 1.79 bits per heavy atom. The second kappa shape index (κ2) is 10.5. The fraction of sp³-hybridized carbons (Fsp3) is 0.321. The average Bonchev–Trinajstić information content (AvgIpc) is 2.78. The summed E-state index contributed by atoms with van der Waals surface area (Å²) in [5, 5.41) is 6.28. The number of rotatable bonds is 9. The van der Waals surface area contributed by atoms with Gasteiger partial charge >= 0.3 is 0 Å². The highest BCUT2D eigenvalue weighted by Gasteiger charge is 2.26. The zero-order valence-corrected chi connectivity index (χ0v) is 20.0. The summed E-state index contributed by atoms with van der Waals surface area (Å²) in [5.74, 6) is 1.30. The zero-order valence-electron chi connectivity index (χ0n) is 20.0. The number of anilines is 2. The van der Waals surface area contributed by atoms with Crippen molar-refractivity contribution in [2.45, 2.75) is 33.2 Å². The van der Waals surface area contributed by atoms with Gasteiger partial charge in [0.25, 0.3) is 5.91 Å². The summed E-state index contributed by atoms with van der Waals surface area (Å²) in [5.41, 5.74) is 5.82. The van der Waals surface area contributed by atoms with Crippen molar-refractivity contribution >= 4 is 23.7 Å². The van der Waals surface area contributed by atoms with Crippen molar-refractivity contribution in [3.63, 3.8) is 0 Å². The van der Waals surface area contributed by atoms with Crippen LogP contribution in [0.3, 0.4) is 0 Å². The van der Waals surface area contributed by atoms with E-state index >= 15 is 0 Å². The molecule has 3 aromatic rings. The van der Waals surface area contributed by atoms with E-state index in [-0.39, 0.29) is 5.91 Å². The molecule has 4 rings (SSSR count). The first-order valence-corrected chi connectivity index (χ1v) is 11.8. The second-order valence-corrected chi connectivity index (χ2v) is 9.23. The van der Waals surface area contributed by atoms with Crippen LogP contribution in [0.2, 0.25) is 0 Å². The first kappa shape index (κ1) is 23.5. The number of carbonyl (C=O) groups is 2. The normalized spacial score (nSPS) is 14.3. The summed E-state index contributed by atoms with van der Waals surface area (Å²) in [7, 11) is 0. The number of carbonyl (C=O) groups excluding carboxylic acids is 2. The van der Waals surface area contributed by atoms with E-state index in [0.717, 1.165) is 54.0 Å². The van der Waals surface area contributed by atoms with Crippen LogP contribution in [-0.4, -0.2) is 42.9 Å². The van der Waals surface area contributed by atoms with Crippen LogP contribution in [0.25, 0.3) is 0 Å². The maximum absolute atomic E-state index is 12.8. The second-order valence-electron chi connectivity index (χ2n) is 9.23. The Hall–Kier alpha value is -3.67. The molecule has 1 atom stereocenters. The van der Waals surface area contributed by atoms with Crippen molar-refractivity contribution in [1.29, 1.82) is 0 Å². The van der Waals surface area contributed by atoms with E-state index in [1.54, 1.807) is 6.20 Å². The third-order valence-electron chi connectivity index (χ3n) is 6.34. The Labute approximate surface area is 201 Å². The molecule has 176 valence electrons. The predicted octanol–water partition coefficient (Wildman–Crippen LogP) is 4.10. The SMILES string of the molecule is Cc1cc(C)c(C(=O)NC(C=O)Cc2ccc(N3CC(CNc4ccccn4)C3)cc2)c(C)c1. The van der Waals surface area contributed by atoms with Gasteiger partial charge in [0, 0.05) is 43.0 Å². The van der Waals surface area contributed by atoms with E-state index in [2.05, 4.69) is 32.7 Å². The molecule has 0 aliphatic carbocycles. The van der Waals surface area contributed by atoms with E-state index in [4.69, 9.17) is 0 Å². The van der Waals surface area contributed by atoms with Crippen molar-refractivity contribution in [2.75, 3.05) is 29.9 Å². The molecule has 1 amide bonds.